The predicted octanol–water partition coefficient (Wildman–Crippen LogP) is 17.9. The second-order valence-corrected chi connectivity index (χ2v) is 18.7. The van der Waals surface area contributed by atoms with Gasteiger partial charge in [0.1, 0.15) is 0 Å². The highest BCUT2D eigenvalue weighted by atomic mass is 16.5. The van der Waals surface area contributed by atoms with E-state index in [0.29, 0.717) is 11.1 Å². The van der Waals surface area contributed by atoms with Crippen molar-refractivity contribution in [2.24, 2.45) is 0 Å². The summed E-state index contributed by atoms with van der Waals surface area (Å²) in [6, 6.07) is 0. The molecule has 0 aromatic rings. The molecule has 0 aromatic heterocycles. The molecule has 0 unspecified atom stereocenters. The Morgan fingerprint density at radius 2 is 0.603 bits per heavy atom. The largest absolute Gasteiger partial charge is 0.489 e. The number of rotatable bonds is 30. The van der Waals surface area contributed by atoms with E-state index in [-0.39, 0.29) is 23.1 Å². The van der Waals surface area contributed by atoms with Gasteiger partial charge < -0.3 is 9.47 Å². The number of allylic oxidation sites excluding steroid dienone is 22. The van der Waals surface area contributed by atoms with E-state index < -0.39 is 0 Å². The number of hydrogen-bond donors (Lipinski definition) is 0. The van der Waals surface area contributed by atoms with Crippen LogP contribution in [-0.4, -0.2) is 25.8 Å². The fourth-order valence-electron chi connectivity index (χ4n) is 7.76. The van der Waals surface area contributed by atoms with Crippen molar-refractivity contribution in [3.63, 3.8) is 0 Å². The maximum Gasteiger partial charge on any atom is 0.232 e. The number of carbonyl (C=O) groups is 2. The van der Waals surface area contributed by atoms with Crippen molar-refractivity contribution in [3.8, 4) is 0 Å². The number of hydrogen-bond acceptors (Lipinski definition) is 4. The molecule has 4 nitrogen and oxygen atoms in total. The second kappa shape index (κ2) is 32.5. The first-order valence-electron chi connectivity index (χ1n) is 24.1. The zero-order valence-corrected chi connectivity index (χ0v) is 43.1. The Morgan fingerprint density at radius 1 is 0.365 bits per heavy atom. The van der Waals surface area contributed by atoms with Crippen LogP contribution in [0.25, 0.3) is 0 Å². The van der Waals surface area contributed by atoms with Crippen LogP contribution in [0.2, 0.25) is 0 Å². The van der Waals surface area contributed by atoms with Gasteiger partial charge in [-0.1, -0.05) is 110 Å². The number of Topliss-reactive ketones (excluding diaryl/α,β-unsaturated/α-hetero) is 2. The van der Waals surface area contributed by atoms with Gasteiger partial charge in [0.15, 0.2) is 0 Å². The Labute approximate surface area is 387 Å². The first-order valence-corrected chi connectivity index (χ1v) is 24.1. The Hall–Kier alpha value is -4.18. The quantitative estimate of drug-likeness (QED) is 0.0533. The van der Waals surface area contributed by atoms with E-state index in [1.165, 1.54) is 77.2 Å². The molecule has 0 fully saturated rings. The summed E-state index contributed by atoms with van der Waals surface area (Å²) in [5.74, 6) is -0.627. The molecule has 0 radical (unpaired) electrons. The number of carbonyl (C=O) groups excluding carboxylic acids is 2. The van der Waals surface area contributed by atoms with Gasteiger partial charge in [0.05, 0.1) is 14.2 Å². The summed E-state index contributed by atoms with van der Waals surface area (Å²) in [6.07, 6.45) is 41.5. The fraction of sp³-hybridized carbons (Fsp3) is 0.559. The van der Waals surface area contributed by atoms with Crippen molar-refractivity contribution in [1.29, 1.82) is 0 Å². The zero-order chi connectivity index (χ0) is 47.3. The summed E-state index contributed by atoms with van der Waals surface area (Å²) >= 11 is 0. The van der Waals surface area contributed by atoms with E-state index in [1.807, 2.05) is 13.8 Å². The molecule has 0 saturated heterocycles. The van der Waals surface area contributed by atoms with E-state index >= 15 is 0 Å². The van der Waals surface area contributed by atoms with Crippen molar-refractivity contribution in [2.75, 3.05) is 14.2 Å². The van der Waals surface area contributed by atoms with Crippen molar-refractivity contribution in [3.05, 3.63) is 139 Å². The maximum atomic E-state index is 13.2. The molecule has 350 valence electrons. The van der Waals surface area contributed by atoms with E-state index in [0.717, 1.165) is 114 Å². The number of ether oxygens (including phenoxy) is 2. The molecule has 0 amide bonds. The van der Waals surface area contributed by atoms with Crippen LogP contribution in [-0.2, 0) is 19.1 Å². The molecule has 63 heavy (non-hydrogen) atoms. The zero-order valence-electron chi connectivity index (χ0n) is 43.1. The van der Waals surface area contributed by atoms with Gasteiger partial charge in [-0.2, -0.15) is 0 Å². The molecule has 4 heteroatoms. The minimum Gasteiger partial charge on any atom is -0.489 e. The molecule has 1 aliphatic rings. The second-order valence-electron chi connectivity index (χ2n) is 18.7. The summed E-state index contributed by atoms with van der Waals surface area (Å²) in [5.41, 5.74) is 16.1. The summed E-state index contributed by atoms with van der Waals surface area (Å²) < 4.78 is 10.4. The van der Waals surface area contributed by atoms with E-state index in [9.17, 15) is 9.59 Å². The normalized spacial score (nSPS) is 16.0. The topological polar surface area (TPSA) is 52.6 Å². The minimum atomic E-state index is -0.296. The number of methoxy groups -OCH3 is 2. The molecular weight excluding hydrogens is 773 g/mol. The standard InChI is InChI=1S/C59H90O4/c1-43(2)25-16-26-44(3)27-17-28-45(4)29-18-30-46(5)31-19-32-47(6)33-20-34-48(7)35-21-36-49(8)37-22-38-50(9)39-23-40-51(10)41-24-42-52(11)53(12)55-54(13)56(60)58(62-14)59(63-15)57(55)61/h25,27,29,31,33,35,37,39,41H,16-24,26,28,30,32,34,36,38,40,42H2,1-15H3/b44-27+,45-29+,46-31+,47-33+,48-35+,49-37+,50-39+,51-41+,53-52-. The highest BCUT2D eigenvalue weighted by Gasteiger charge is 2.35. The van der Waals surface area contributed by atoms with Crippen molar-refractivity contribution in [1.82, 2.24) is 0 Å². The van der Waals surface area contributed by atoms with Crippen LogP contribution in [0.15, 0.2) is 139 Å². The van der Waals surface area contributed by atoms with Crippen molar-refractivity contribution in [2.45, 2.75) is 206 Å². The molecule has 0 N–H and O–H groups in total. The average Bonchev–Trinajstić information content (AvgIpc) is 3.21. The van der Waals surface area contributed by atoms with E-state index in [4.69, 9.17) is 9.47 Å². The Morgan fingerprint density at radius 3 is 0.857 bits per heavy atom. The molecule has 0 aliphatic heterocycles. The van der Waals surface area contributed by atoms with Gasteiger partial charge in [-0.25, -0.2) is 0 Å². The summed E-state index contributed by atoms with van der Waals surface area (Å²) in [5, 5.41) is 0. The molecule has 1 aliphatic carbocycles. The van der Waals surface area contributed by atoms with Crippen LogP contribution in [0.5, 0.6) is 0 Å². The third kappa shape index (κ3) is 24.5. The lowest BCUT2D eigenvalue weighted by Crippen LogP contribution is -2.25. The van der Waals surface area contributed by atoms with Crippen LogP contribution in [0.4, 0.5) is 0 Å². The maximum absolute atomic E-state index is 13.2. The number of ketones is 2. The monoisotopic (exact) mass is 863 g/mol. The molecule has 0 saturated carbocycles. The van der Waals surface area contributed by atoms with Gasteiger partial charge in [0.2, 0.25) is 23.1 Å². The molecule has 0 heterocycles. The first kappa shape index (κ1) is 56.8. The molecule has 0 spiro atoms. The van der Waals surface area contributed by atoms with Crippen LogP contribution in [0.3, 0.4) is 0 Å². The molecule has 0 atom stereocenters. The predicted molar refractivity (Wildman–Crippen MR) is 275 cm³/mol. The lowest BCUT2D eigenvalue weighted by molar-refractivity contribution is -0.120. The van der Waals surface area contributed by atoms with Gasteiger partial charge in [0.25, 0.3) is 0 Å². The van der Waals surface area contributed by atoms with Crippen molar-refractivity contribution >= 4 is 11.6 Å². The lowest BCUT2D eigenvalue weighted by atomic mass is 9.86. The van der Waals surface area contributed by atoms with Crippen LogP contribution >= 0.6 is 0 Å². The van der Waals surface area contributed by atoms with E-state index in [2.05, 4.69) is 124 Å². The average molecular weight is 863 g/mol. The van der Waals surface area contributed by atoms with Crippen LogP contribution in [0.1, 0.15) is 206 Å². The third-order valence-corrected chi connectivity index (χ3v) is 12.3. The molecule has 0 aromatic carbocycles. The Kier molecular flexibility index (Phi) is 29.3. The first-order chi connectivity index (χ1) is 29.9. The highest BCUT2D eigenvalue weighted by Crippen LogP contribution is 2.32. The SMILES string of the molecule is COC1=C(OC)C(=O)C(/C(C)=C(/C)CC/C=C(\C)CC/C=C(\C)CC/C=C(\C)CC/C=C(\C)CC/C=C(\C)CC/C=C(\C)CC/C=C(\C)CC/C=C(\C)CCC=C(C)C)=C(C)C1=O. The van der Waals surface area contributed by atoms with Crippen LogP contribution < -0.4 is 0 Å². The molecular formula is C59H90O4. The smallest absolute Gasteiger partial charge is 0.232 e. The Bertz CT molecular complexity index is 1880. The molecule has 1 rings (SSSR count). The van der Waals surface area contributed by atoms with Gasteiger partial charge in [0, 0.05) is 11.1 Å². The summed E-state index contributed by atoms with van der Waals surface area (Å²) in [4.78, 5) is 26.0. The Balaban J connectivity index is 2.36. The van der Waals surface area contributed by atoms with Gasteiger partial charge in [-0.05, 0) is 211 Å². The summed E-state index contributed by atoms with van der Waals surface area (Å²) in [6.45, 7) is 28.2. The molecule has 0 bridgehead atoms. The van der Waals surface area contributed by atoms with E-state index in [1.54, 1.807) is 6.92 Å². The lowest BCUT2D eigenvalue weighted by Gasteiger charge is -2.21. The van der Waals surface area contributed by atoms with Gasteiger partial charge in [-0.3, -0.25) is 9.59 Å². The van der Waals surface area contributed by atoms with Gasteiger partial charge >= 0.3 is 0 Å². The fourth-order valence-corrected chi connectivity index (χ4v) is 7.76. The minimum absolute atomic E-state index is 0.0194. The van der Waals surface area contributed by atoms with Crippen molar-refractivity contribution < 1.29 is 19.1 Å². The van der Waals surface area contributed by atoms with Gasteiger partial charge in [-0.15, -0.1) is 0 Å². The third-order valence-electron chi connectivity index (χ3n) is 12.3. The summed E-state index contributed by atoms with van der Waals surface area (Å²) in [7, 11) is 2.78. The van der Waals surface area contributed by atoms with Crippen LogP contribution in [0, 0.1) is 0 Å². The highest BCUT2D eigenvalue weighted by molar-refractivity contribution is 6.25.